The van der Waals surface area contributed by atoms with Gasteiger partial charge in [-0.25, -0.2) is 4.79 Å². The number of hydrogen-bond acceptors (Lipinski definition) is 3. The van der Waals surface area contributed by atoms with E-state index in [9.17, 15) is 9.90 Å². The Morgan fingerprint density at radius 2 is 2.00 bits per heavy atom. The van der Waals surface area contributed by atoms with Gasteiger partial charge in [0, 0.05) is 28.6 Å². The number of carboxylic acid groups (broad SMARTS) is 1. The highest BCUT2D eigenvalue weighted by Crippen LogP contribution is 2.25. The van der Waals surface area contributed by atoms with Gasteiger partial charge in [0.15, 0.2) is 0 Å². The summed E-state index contributed by atoms with van der Waals surface area (Å²) in [6.07, 6.45) is 3.43. The molecule has 2 N–H and O–H groups in total. The molecule has 0 saturated carbocycles. The number of carbonyl (C=O) groups is 1. The standard InChI is InChI=1S/C14H13BrN2O2/c1-9(10-4-6-16-7-5-10)17-13-3-2-11(15)8-12(13)14(18)19/h2-9,17H,1H3,(H,18,19). The molecular weight excluding hydrogens is 308 g/mol. The number of benzene rings is 1. The zero-order valence-electron chi connectivity index (χ0n) is 10.3. The van der Waals surface area contributed by atoms with E-state index < -0.39 is 5.97 Å². The average Bonchev–Trinajstić information content (AvgIpc) is 2.41. The van der Waals surface area contributed by atoms with E-state index in [1.807, 2.05) is 25.1 Å². The van der Waals surface area contributed by atoms with Gasteiger partial charge in [-0.1, -0.05) is 15.9 Å². The Kier molecular flexibility index (Phi) is 4.16. The van der Waals surface area contributed by atoms with Crippen molar-refractivity contribution in [3.05, 3.63) is 58.3 Å². The van der Waals surface area contributed by atoms with Crippen LogP contribution in [0, 0.1) is 0 Å². The normalized spacial score (nSPS) is 11.9. The molecule has 0 bridgehead atoms. The first-order chi connectivity index (χ1) is 9.08. The van der Waals surface area contributed by atoms with Crippen LogP contribution in [0.15, 0.2) is 47.2 Å². The van der Waals surface area contributed by atoms with Crippen LogP contribution in [-0.4, -0.2) is 16.1 Å². The highest BCUT2D eigenvalue weighted by Gasteiger charge is 2.13. The number of hydrogen-bond donors (Lipinski definition) is 2. The number of rotatable bonds is 4. The SMILES string of the molecule is CC(Nc1ccc(Br)cc1C(=O)O)c1ccncc1. The number of aromatic carboxylic acids is 1. The Hall–Kier alpha value is -1.88. The quantitative estimate of drug-likeness (QED) is 0.901. The fraction of sp³-hybridized carbons (Fsp3) is 0.143. The molecule has 2 aromatic rings. The van der Waals surface area contributed by atoms with Crippen molar-refractivity contribution in [2.45, 2.75) is 13.0 Å². The predicted octanol–water partition coefficient (Wildman–Crippen LogP) is 3.72. The largest absolute Gasteiger partial charge is 0.478 e. The van der Waals surface area contributed by atoms with Crippen molar-refractivity contribution in [3.8, 4) is 0 Å². The summed E-state index contributed by atoms with van der Waals surface area (Å²) >= 11 is 3.28. The molecule has 2 rings (SSSR count). The number of anilines is 1. The van der Waals surface area contributed by atoms with Crippen LogP contribution in [0.4, 0.5) is 5.69 Å². The number of halogens is 1. The van der Waals surface area contributed by atoms with E-state index in [0.29, 0.717) is 5.69 Å². The minimum absolute atomic E-state index is 0.00211. The summed E-state index contributed by atoms with van der Waals surface area (Å²) in [6, 6.07) is 8.96. The Balaban J connectivity index is 2.26. The minimum Gasteiger partial charge on any atom is -0.478 e. The lowest BCUT2D eigenvalue weighted by molar-refractivity contribution is 0.0698. The molecule has 0 aliphatic carbocycles. The first kappa shape index (κ1) is 13.5. The fourth-order valence-electron chi connectivity index (χ4n) is 1.79. The summed E-state index contributed by atoms with van der Waals surface area (Å²) in [5, 5.41) is 12.4. The molecule has 98 valence electrons. The second kappa shape index (κ2) is 5.84. The lowest BCUT2D eigenvalue weighted by Gasteiger charge is -2.17. The van der Waals surface area contributed by atoms with Gasteiger partial charge in [0.25, 0.3) is 0 Å². The molecule has 0 amide bonds. The van der Waals surface area contributed by atoms with E-state index in [2.05, 4.69) is 26.2 Å². The maximum Gasteiger partial charge on any atom is 0.337 e. The van der Waals surface area contributed by atoms with Crippen LogP contribution in [0.3, 0.4) is 0 Å². The van der Waals surface area contributed by atoms with Gasteiger partial charge in [0.1, 0.15) is 0 Å². The van der Waals surface area contributed by atoms with Gasteiger partial charge in [-0.15, -0.1) is 0 Å². The van der Waals surface area contributed by atoms with Gasteiger partial charge < -0.3 is 10.4 Å². The van der Waals surface area contributed by atoms with Crippen LogP contribution in [0.25, 0.3) is 0 Å². The van der Waals surface area contributed by atoms with Crippen LogP contribution in [-0.2, 0) is 0 Å². The second-order valence-corrected chi connectivity index (χ2v) is 5.06. The van der Waals surface area contributed by atoms with Crippen molar-refractivity contribution in [1.29, 1.82) is 0 Å². The highest BCUT2D eigenvalue weighted by molar-refractivity contribution is 9.10. The molecule has 1 aromatic carbocycles. The summed E-state index contributed by atoms with van der Waals surface area (Å²) in [5.74, 6) is -0.953. The topological polar surface area (TPSA) is 62.2 Å². The molecule has 1 aromatic heterocycles. The van der Waals surface area contributed by atoms with Crippen molar-refractivity contribution >= 4 is 27.6 Å². The maximum absolute atomic E-state index is 11.2. The van der Waals surface area contributed by atoms with Crippen molar-refractivity contribution < 1.29 is 9.90 Å². The fourth-order valence-corrected chi connectivity index (χ4v) is 2.15. The molecule has 1 atom stereocenters. The van der Waals surface area contributed by atoms with Gasteiger partial charge >= 0.3 is 5.97 Å². The smallest absolute Gasteiger partial charge is 0.337 e. The molecule has 0 saturated heterocycles. The Bertz CT molecular complexity index is 587. The third-order valence-corrected chi connectivity index (χ3v) is 3.28. The maximum atomic E-state index is 11.2. The molecule has 0 fully saturated rings. The molecule has 0 aliphatic heterocycles. The van der Waals surface area contributed by atoms with Gasteiger partial charge in [-0.2, -0.15) is 0 Å². The summed E-state index contributed by atoms with van der Waals surface area (Å²) in [4.78, 5) is 15.2. The van der Waals surface area contributed by atoms with E-state index in [1.54, 1.807) is 24.5 Å². The van der Waals surface area contributed by atoms with E-state index in [4.69, 9.17) is 0 Å². The van der Waals surface area contributed by atoms with Crippen LogP contribution < -0.4 is 5.32 Å². The monoisotopic (exact) mass is 320 g/mol. The Morgan fingerprint density at radius 3 is 2.63 bits per heavy atom. The van der Waals surface area contributed by atoms with Gasteiger partial charge in [0.2, 0.25) is 0 Å². The molecule has 5 heteroatoms. The first-order valence-electron chi connectivity index (χ1n) is 5.77. The third-order valence-electron chi connectivity index (χ3n) is 2.79. The summed E-state index contributed by atoms with van der Waals surface area (Å²) in [6.45, 7) is 1.98. The molecule has 0 radical (unpaired) electrons. The molecule has 1 heterocycles. The van der Waals surface area contributed by atoms with Crippen molar-refractivity contribution in [2.75, 3.05) is 5.32 Å². The van der Waals surface area contributed by atoms with Crippen LogP contribution in [0.5, 0.6) is 0 Å². The van der Waals surface area contributed by atoms with Crippen LogP contribution in [0.1, 0.15) is 28.9 Å². The van der Waals surface area contributed by atoms with Crippen molar-refractivity contribution in [3.63, 3.8) is 0 Å². The number of nitrogens with zero attached hydrogens (tertiary/aromatic N) is 1. The number of carboxylic acids is 1. The molecular formula is C14H13BrN2O2. The molecule has 4 nitrogen and oxygen atoms in total. The molecule has 0 spiro atoms. The first-order valence-corrected chi connectivity index (χ1v) is 6.56. The van der Waals surface area contributed by atoms with Gasteiger partial charge in [-0.3, -0.25) is 4.98 Å². The lowest BCUT2D eigenvalue weighted by atomic mass is 10.1. The highest BCUT2D eigenvalue weighted by atomic mass is 79.9. The number of aromatic nitrogens is 1. The summed E-state index contributed by atoms with van der Waals surface area (Å²) < 4.78 is 0.743. The lowest BCUT2D eigenvalue weighted by Crippen LogP contribution is -2.10. The zero-order chi connectivity index (χ0) is 13.8. The Labute approximate surface area is 119 Å². The molecule has 0 aliphatic rings. The number of nitrogens with one attached hydrogen (secondary N) is 1. The predicted molar refractivity (Wildman–Crippen MR) is 77.4 cm³/mol. The van der Waals surface area contributed by atoms with E-state index in [-0.39, 0.29) is 11.6 Å². The third kappa shape index (κ3) is 3.32. The van der Waals surface area contributed by atoms with Gasteiger partial charge in [-0.05, 0) is 42.8 Å². The number of pyridine rings is 1. The van der Waals surface area contributed by atoms with Crippen LogP contribution in [0.2, 0.25) is 0 Å². The zero-order valence-corrected chi connectivity index (χ0v) is 11.9. The van der Waals surface area contributed by atoms with Crippen molar-refractivity contribution in [1.82, 2.24) is 4.98 Å². The second-order valence-electron chi connectivity index (χ2n) is 4.14. The molecule has 1 unspecified atom stereocenters. The van der Waals surface area contributed by atoms with Crippen LogP contribution >= 0.6 is 15.9 Å². The Morgan fingerprint density at radius 1 is 1.32 bits per heavy atom. The van der Waals surface area contributed by atoms with Gasteiger partial charge in [0.05, 0.1) is 5.56 Å². The molecule has 19 heavy (non-hydrogen) atoms. The average molecular weight is 321 g/mol. The van der Waals surface area contributed by atoms with E-state index in [0.717, 1.165) is 10.0 Å². The summed E-state index contributed by atoms with van der Waals surface area (Å²) in [5.41, 5.74) is 1.89. The van der Waals surface area contributed by atoms with E-state index in [1.165, 1.54) is 0 Å². The summed E-state index contributed by atoms with van der Waals surface area (Å²) in [7, 11) is 0. The van der Waals surface area contributed by atoms with E-state index >= 15 is 0 Å². The van der Waals surface area contributed by atoms with Crippen molar-refractivity contribution in [2.24, 2.45) is 0 Å². The minimum atomic E-state index is -0.953.